The van der Waals surface area contributed by atoms with Gasteiger partial charge in [-0.05, 0) is 24.3 Å². The Kier molecular flexibility index (Phi) is 4.25. The topological polar surface area (TPSA) is 60.2 Å². The highest BCUT2D eigenvalue weighted by Gasteiger charge is 2.00. The van der Waals surface area contributed by atoms with Crippen LogP contribution in [-0.2, 0) is 0 Å². The number of para-hydroxylation sites is 2. The van der Waals surface area contributed by atoms with E-state index in [0.29, 0.717) is 35.4 Å². The highest BCUT2D eigenvalue weighted by Crippen LogP contribution is 2.20. The fraction of sp³-hybridized carbons (Fsp3) is 0.154. The molecule has 0 aliphatic carbocycles. The van der Waals surface area contributed by atoms with Gasteiger partial charge < -0.3 is 15.8 Å². The zero-order valence-corrected chi connectivity index (χ0v) is 10.5. The zero-order valence-electron chi connectivity index (χ0n) is 9.77. The summed E-state index contributed by atoms with van der Waals surface area (Å²) >= 11 is 5.96. The molecule has 0 unspecified atom stereocenters. The van der Waals surface area contributed by atoms with Gasteiger partial charge in [0.1, 0.15) is 18.2 Å². The normalized spacial score (nSPS) is 10.1. The standard InChI is InChI=1S/C13H14ClN3O/c14-10-4-3-7-16-13(10)17-8-9-18-12-6-2-1-5-11(12)15/h1-7H,8-9,15H2,(H,16,17). The monoisotopic (exact) mass is 263 g/mol. The number of aromatic nitrogens is 1. The molecule has 0 fully saturated rings. The molecular formula is C13H14ClN3O. The molecule has 0 spiro atoms. The third-order valence-corrected chi connectivity index (χ3v) is 2.63. The van der Waals surface area contributed by atoms with E-state index >= 15 is 0 Å². The number of anilines is 2. The molecule has 0 amide bonds. The Morgan fingerprint density at radius 1 is 1.22 bits per heavy atom. The molecule has 0 atom stereocenters. The predicted molar refractivity (Wildman–Crippen MR) is 74.1 cm³/mol. The summed E-state index contributed by atoms with van der Waals surface area (Å²) in [5.41, 5.74) is 6.39. The highest BCUT2D eigenvalue weighted by atomic mass is 35.5. The van der Waals surface area contributed by atoms with Crippen LogP contribution in [0.3, 0.4) is 0 Å². The molecule has 3 N–H and O–H groups in total. The predicted octanol–water partition coefficient (Wildman–Crippen LogP) is 2.81. The van der Waals surface area contributed by atoms with E-state index in [0.717, 1.165) is 0 Å². The van der Waals surface area contributed by atoms with E-state index in [1.54, 1.807) is 24.4 Å². The summed E-state index contributed by atoms with van der Waals surface area (Å²) in [5, 5.41) is 3.69. The van der Waals surface area contributed by atoms with Crippen molar-refractivity contribution in [3.05, 3.63) is 47.6 Å². The maximum Gasteiger partial charge on any atom is 0.144 e. The van der Waals surface area contributed by atoms with Crippen molar-refractivity contribution in [3.8, 4) is 5.75 Å². The lowest BCUT2D eigenvalue weighted by molar-refractivity contribution is 0.334. The number of nitrogen functional groups attached to an aromatic ring is 1. The average molecular weight is 264 g/mol. The quantitative estimate of drug-likeness (QED) is 0.643. The second-order valence-corrected chi connectivity index (χ2v) is 4.05. The maximum absolute atomic E-state index is 5.96. The fourth-order valence-corrected chi connectivity index (χ4v) is 1.65. The van der Waals surface area contributed by atoms with Crippen LogP contribution in [0.15, 0.2) is 42.6 Å². The Bertz CT molecular complexity index is 472. The summed E-state index contributed by atoms with van der Waals surface area (Å²) in [5.74, 6) is 1.34. The zero-order chi connectivity index (χ0) is 12.8. The smallest absolute Gasteiger partial charge is 0.144 e. The van der Waals surface area contributed by atoms with Gasteiger partial charge in [0.25, 0.3) is 0 Å². The molecule has 4 nitrogen and oxygen atoms in total. The van der Waals surface area contributed by atoms with Crippen molar-refractivity contribution in [3.63, 3.8) is 0 Å². The number of halogens is 1. The number of benzene rings is 1. The van der Waals surface area contributed by atoms with Gasteiger partial charge in [0.15, 0.2) is 0 Å². The lowest BCUT2D eigenvalue weighted by Gasteiger charge is -2.10. The van der Waals surface area contributed by atoms with Crippen LogP contribution in [0.1, 0.15) is 0 Å². The Balaban J connectivity index is 1.80. The number of rotatable bonds is 5. The van der Waals surface area contributed by atoms with Gasteiger partial charge in [-0.25, -0.2) is 4.98 Å². The van der Waals surface area contributed by atoms with E-state index in [-0.39, 0.29) is 0 Å². The van der Waals surface area contributed by atoms with Crippen LogP contribution in [0.25, 0.3) is 0 Å². The van der Waals surface area contributed by atoms with Gasteiger partial charge in [0, 0.05) is 6.20 Å². The van der Waals surface area contributed by atoms with Crippen molar-refractivity contribution in [2.75, 3.05) is 24.2 Å². The van der Waals surface area contributed by atoms with Gasteiger partial charge in [-0.3, -0.25) is 0 Å². The van der Waals surface area contributed by atoms with E-state index < -0.39 is 0 Å². The van der Waals surface area contributed by atoms with Crippen molar-refractivity contribution in [2.45, 2.75) is 0 Å². The van der Waals surface area contributed by atoms with Gasteiger partial charge in [-0.1, -0.05) is 23.7 Å². The molecule has 1 aromatic heterocycles. The van der Waals surface area contributed by atoms with E-state index in [1.807, 2.05) is 18.2 Å². The van der Waals surface area contributed by atoms with Gasteiger partial charge in [-0.2, -0.15) is 0 Å². The average Bonchev–Trinajstić information content (AvgIpc) is 2.38. The minimum atomic E-state index is 0.487. The van der Waals surface area contributed by atoms with Gasteiger partial charge in [0.05, 0.1) is 17.3 Å². The van der Waals surface area contributed by atoms with Crippen LogP contribution >= 0.6 is 11.6 Å². The first-order chi connectivity index (χ1) is 8.77. The minimum Gasteiger partial charge on any atom is -0.490 e. The van der Waals surface area contributed by atoms with Crippen molar-refractivity contribution in [1.29, 1.82) is 0 Å². The first-order valence-corrected chi connectivity index (χ1v) is 5.97. The van der Waals surface area contributed by atoms with E-state index in [4.69, 9.17) is 22.1 Å². The summed E-state index contributed by atoms with van der Waals surface area (Å²) in [6, 6.07) is 11.0. The number of nitrogens with two attached hydrogens (primary N) is 1. The lowest BCUT2D eigenvalue weighted by atomic mass is 10.3. The number of hydrogen-bond donors (Lipinski definition) is 2. The number of nitrogens with one attached hydrogen (secondary N) is 1. The SMILES string of the molecule is Nc1ccccc1OCCNc1ncccc1Cl. The Morgan fingerprint density at radius 2 is 2.06 bits per heavy atom. The Hall–Kier alpha value is -1.94. The van der Waals surface area contributed by atoms with Gasteiger partial charge >= 0.3 is 0 Å². The van der Waals surface area contributed by atoms with Crippen LogP contribution < -0.4 is 15.8 Å². The molecule has 94 valence electrons. The Labute approximate surface area is 111 Å². The third kappa shape index (κ3) is 3.28. The van der Waals surface area contributed by atoms with Gasteiger partial charge in [-0.15, -0.1) is 0 Å². The number of pyridine rings is 1. The van der Waals surface area contributed by atoms with E-state index in [1.165, 1.54) is 0 Å². The summed E-state index contributed by atoms with van der Waals surface area (Å²) in [7, 11) is 0. The van der Waals surface area contributed by atoms with Gasteiger partial charge in [0.2, 0.25) is 0 Å². The number of ether oxygens (including phenoxy) is 1. The molecule has 0 bridgehead atoms. The number of nitrogens with zero attached hydrogens (tertiary/aromatic N) is 1. The highest BCUT2D eigenvalue weighted by molar-refractivity contribution is 6.32. The van der Waals surface area contributed by atoms with Crippen molar-refractivity contribution in [1.82, 2.24) is 4.98 Å². The molecule has 0 saturated carbocycles. The molecule has 2 aromatic rings. The molecule has 0 aliphatic heterocycles. The maximum atomic E-state index is 5.96. The Morgan fingerprint density at radius 3 is 2.83 bits per heavy atom. The summed E-state index contributed by atoms with van der Waals surface area (Å²) < 4.78 is 5.54. The number of hydrogen-bond acceptors (Lipinski definition) is 4. The third-order valence-electron chi connectivity index (χ3n) is 2.33. The van der Waals surface area contributed by atoms with Crippen LogP contribution in [0.4, 0.5) is 11.5 Å². The molecular weight excluding hydrogens is 250 g/mol. The van der Waals surface area contributed by atoms with E-state index in [2.05, 4.69) is 10.3 Å². The first-order valence-electron chi connectivity index (χ1n) is 5.59. The molecule has 0 aliphatic rings. The molecule has 1 heterocycles. The fourth-order valence-electron chi connectivity index (χ4n) is 1.46. The first kappa shape index (κ1) is 12.5. The van der Waals surface area contributed by atoms with Crippen LogP contribution in [-0.4, -0.2) is 18.1 Å². The molecule has 5 heteroatoms. The molecule has 0 radical (unpaired) electrons. The second kappa shape index (κ2) is 6.12. The summed E-state index contributed by atoms with van der Waals surface area (Å²) in [6.45, 7) is 1.09. The molecule has 1 aromatic carbocycles. The summed E-state index contributed by atoms with van der Waals surface area (Å²) in [6.07, 6.45) is 1.68. The van der Waals surface area contributed by atoms with Crippen molar-refractivity contribution >= 4 is 23.1 Å². The van der Waals surface area contributed by atoms with Crippen LogP contribution in [0, 0.1) is 0 Å². The summed E-state index contributed by atoms with van der Waals surface area (Å²) in [4.78, 5) is 4.12. The van der Waals surface area contributed by atoms with E-state index in [9.17, 15) is 0 Å². The van der Waals surface area contributed by atoms with Crippen LogP contribution in [0.2, 0.25) is 5.02 Å². The van der Waals surface area contributed by atoms with Crippen molar-refractivity contribution < 1.29 is 4.74 Å². The molecule has 2 rings (SSSR count). The van der Waals surface area contributed by atoms with Crippen LogP contribution in [0.5, 0.6) is 5.75 Å². The lowest BCUT2D eigenvalue weighted by Crippen LogP contribution is -2.13. The largest absolute Gasteiger partial charge is 0.490 e. The minimum absolute atomic E-state index is 0.487. The van der Waals surface area contributed by atoms with Crippen molar-refractivity contribution in [2.24, 2.45) is 0 Å². The molecule has 18 heavy (non-hydrogen) atoms. The molecule has 0 saturated heterocycles. The second-order valence-electron chi connectivity index (χ2n) is 3.65.